The first-order valence-corrected chi connectivity index (χ1v) is 9.31. The Balaban J connectivity index is 1.51. The van der Waals surface area contributed by atoms with E-state index >= 15 is 0 Å². The van der Waals surface area contributed by atoms with Crippen molar-refractivity contribution in [2.24, 2.45) is 0 Å². The molecule has 9 heteroatoms. The van der Waals surface area contributed by atoms with E-state index in [4.69, 9.17) is 22.1 Å². The van der Waals surface area contributed by atoms with Gasteiger partial charge in [0.05, 0.1) is 5.75 Å². The first-order valence-electron chi connectivity index (χ1n) is 7.13. The van der Waals surface area contributed by atoms with Crippen LogP contribution >= 0.6 is 34.7 Å². The van der Waals surface area contributed by atoms with Crippen LogP contribution in [0.2, 0.25) is 5.02 Å². The zero-order valence-electron chi connectivity index (χ0n) is 12.8. The highest BCUT2D eigenvalue weighted by Crippen LogP contribution is 2.25. The summed E-state index contributed by atoms with van der Waals surface area (Å²) in [4.78, 5) is 11.9. The third-order valence-corrected chi connectivity index (χ3v) is 5.07. The highest BCUT2D eigenvalue weighted by Gasteiger charge is 2.07. The Morgan fingerprint density at radius 2 is 1.76 bits per heavy atom. The molecule has 3 rings (SSSR count). The third-order valence-electron chi connectivity index (χ3n) is 2.94. The Morgan fingerprint density at radius 3 is 2.36 bits per heavy atom. The van der Waals surface area contributed by atoms with E-state index in [1.807, 2.05) is 0 Å². The first kappa shape index (κ1) is 17.5. The van der Waals surface area contributed by atoms with Gasteiger partial charge in [0.15, 0.2) is 4.34 Å². The smallest absolute Gasteiger partial charge is 0.234 e. The summed E-state index contributed by atoms with van der Waals surface area (Å²) in [6, 6.07) is 14.2. The maximum atomic E-state index is 11.9. The number of rotatable bonds is 6. The van der Waals surface area contributed by atoms with Gasteiger partial charge in [0.25, 0.3) is 0 Å². The number of nitrogens with one attached hydrogen (secondary N) is 1. The van der Waals surface area contributed by atoms with Crippen molar-refractivity contribution in [3.63, 3.8) is 0 Å². The molecule has 0 unspecified atom stereocenters. The summed E-state index contributed by atoms with van der Waals surface area (Å²) in [5.74, 6) is 1.45. The van der Waals surface area contributed by atoms with Crippen LogP contribution in [-0.2, 0) is 4.79 Å². The van der Waals surface area contributed by atoms with Crippen LogP contribution in [0.4, 0.5) is 10.8 Å². The molecular formula is C16H13ClN4O2S2. The number of hydrogen-bond acceptors (Lipinski definition) is 7. The number of anilines is 2. The molecule has 1 aromatic heterocycles. The number of thioether (sulfide) groups is 1. The largest absolute Gasteiger partial charge is 0.457 e. The predicted octanol–water partition coefficient (Wildman–Crippen LogP) is 4.30. The predicted molar refractivity (Wildman–Crippen MR) is 102 cm³/mol. The van der Waals surface area contributed by atoms with Gasteiger partial charge < -0.3 is 15.8 Å². The van der Waals surface area contributed by atoms with Gasteiger partial charge in [-0.2, -0.15) is 0 Å². The molecule has 1 heterocycles. The zero-order chi connectivity index (χ0) is 17.6. The van der Waals surface area contributed by atoms with E-state index in [1.165, 1.54) is 23.1 Å². The van der Waals surface area contributed by atoms with E-state index in [9.17, 15) is 4.79 Å². The van der Waals surface area contributed by atoms with E-state index in [1.54, 1.807) is 48.5 Å². The molecule has 0 bridgehead atoms. The lowest BCUT2D eigenvalue weighted by molar-refractivity contribution is -0.113. The maximum absolute atomic E-state index is 11.9. The van der Waals surface area contributed by atoms with Crippen LogP contribution in [0.1, 0.15) is 0 Å². The van der Waals surface area contributed by atoms with E-state index in [2.05, 4.69) is 15.5 Å². The summed E-state index contributed by atoms with van der Waals surface area (Å²) in [5.41, 5.74) is 6.18. The van der Waals surface area contributed by atoms with Crippen LogP contribution < -0.4 is 15.8 Å². The van der Waals surface area contributed by atoms with Gasteiger partial charge in [0.2, 0.25) is 11.0 Å². The summed E-state index contributed by atoms with van der Waals surface area (Å²) in [6.45, 7) is 0. The highest BCUT2D eigenvalue weighted by molar-refractivity contribution is 8.01. The van der Waals surface area contributed by atoms with Crippen LogP contribution in [0.15, 0.2) is 52.9 Å². The molecule has 3 aromatic rings. The normalized spacial score (nSPS) is 10.4. The Morgan fingerprint density at radius 1 is 1.12 bits per heavy atom. The summed E-state index contributed by atoms with van der Waals surface area (Å²) in [6.07, 6.45) is 0. The van der Waals surface area contributed by atoms with Gasteiger partial charge in [0.1, 0.15) is 11.5 Å². The molecule has 0 saturated heterocycles. The number of nitrogens with two attached hydrogens (primary N) is 1. The van der Waals surface area contributed by atoms with Gasteiger partial charge in [-0.05, 0) is 48.5 Å². The Hall–Kier alpha value is -2.29. The average molecular weight is 393 g/mol. The summed E-state index contributed by atoms with van der Waals surface area (Å²) in [7, 11) is 0. The number of nitrogens with zero attached hydrogens (tertiary/aromatic N) is 2. The SMILES string of the molecule is Nc1nnc(SCC(=O)Nc2ccc(Oc3ccc(Cl)cc3)cc2)s1. The second-order valence-corrected chi connectivity index (χ2v) is 7.49. The lowest BCUT2D eigenvalue weighted by Crippen LogP contribution is -2.13. The fourth-order valence-corrected chi connectivity index (χ4v) is 3.41. The molecule has 3 N–H and O–H groups in total. The van der Waals surface area contributed by atoms with Crippen LogP contribution in [0.3, 0.4) is 0 Å². The van der Waals surface area contributed by atoms with Crippen molar-refractivity contribution in [3.8, 4) is 11.5 Å². The molecule has 0 aliphatic heterocycles. The van der Waals surface area contributed by atoms with Crippen LogP contribution in [0.25, 0.3) is 0 Å². The average Bonchev–Trinajstić information content (AvgIpc) is 3.02. The van der Waals surface area contributed by atoms with Crippen molar-refractivity contribution in [1.29, 1.82) is 0 Å². The molecule has 2 aromatic carbocycles. The monoisotopic (exact) mass is 392 g/mol. The number of halogens is 1. The van der Waals surface area contributed by atoms with Crippen molar-refractivity contribution in [1.82, 2.24) is 10.2 Å². The maximum Gasteiger partial charge on any atom is 0.234 e. The van der Waals surface area contributed by atoms with Crippen molar-refractivity contribution >= 4 is 51.4 Å². The fraction of sp³-hybridized carbons (Fsp3) is 0.0625. The molecule has 0 saturated carbocycles. The number of carbonyl (C=O) groups excluding carboxylic acids is 1. The molecular weight excluding hydrogens is 380 g/mol. The van der Waals surface area contributed by atoms with Gasteiger partial charge in [-0.15, -0.1) is 10.2 Å². The first-order chi connectivity index (χ1) is 12.1. The van der Waals surface area contributed by atoms with Crippen LogP contribution in [0.5, 0.6) is 11.5 Å². The van der Waals surface area contributed by atoms with Gasteiger partial charge >= 0.3 is 0 Å². The minimum atomic E-state index is -0.134. The second kappa shape index (κ2) is 8.19. The van der Waals surface area contributed by atoms with Crippen molar-refractivity contribution in [2.45, 2.75) is 4.34 Å². The Bertz CT molecular complexity index is 853. The van der Waals surface area contributed by atoms with Crippen molar-refractivity contribution in [3.05, 3.63) is 53.6 Å². The number of ether oxygens (including phenoxy) is 1. The van der Waals surface area contributed by atoms with Gasteiger partial charge in [-0.3, -0.25) is 4.79 Å². The van der Waals surface area contributed by atoms with Crippen molar-refractivity contribution < 1.29 is 9.53 Å². The van der Waals surface area contributed by atoms with E-state index in [0.29, 0.717) is 31.7 Å². The molecule has 128 valence electrons. The molecule has 0 aliphatic rings. The molecule has 0 radical (unpaired) electrons. The number of nitrogen functional groups attached to an aromatic ring is 1. The second-order valence-electron chi connectivity index (χ2n) is 4.82. The number of carbonyl (C=O) groups is 1. The van der Waals surface area contributed by atoms with Crippen LogP contribution in [-0.4, -0.2) is 21.9 Å². The van der Waals surface area contributed by atoms with Crippen molar-refractivity contribution in [2.75, 3.05) is 16.8 Å². The summed E-state index contributed by atoms with van der Waals surface area (Å²) in [5, 5.41) is 11.4. The standard InChI is InChI=1S/C16H13ClN4O2S2/c17-10-1-5-12(6-2-10)23-13-7-3-11(4-8-13)19-14(22)9-24-16-21-20-15(18)25-16/h1-8H,9H2,(H2,18,20)(H,19,22). The summed E-state index contributed by atoms with van der Waals surface area (Å²) < 4.78 is 6.37. The topological polar surface area (TPSA) is 90.1 Å². The molecule has 0 fully saturated rings. The molecule has 6 nitrogen and oxygen atoms in total. The molecule has 1 amide bonds. The minimum absolute atomic E-state index is 0.134. The van der Waals surface area contributed by atoms with Gasteiger partial charge in [-0.1, -0.05) is 34.7 Å². The highest BCUT2D eigenvalue weighted by atomic mass is 35.5. The molecule has 0 aliphatic carbocycles. The van der Waals surface area contributed by atoms with Crippen LogP contribution in [0, 0.1) is 0 Å². The minimum Gasteiger partial charge on any atom is -0.457 e. The van der Waals surface area contributed by atoms with Gasteiger partial charge in [-0.25, -0.2) is 0 Å². The lowest BCUT2D eigenvalue weighted by atomic mass is 10.3. The number of benzene rings is 2. The summed E-state index contributed by atoms with van der Waals surface area (Å²) >= 11 is 8.38. The molecule has 0 atom stereocenters. The van der Waals surface area contributed by atoms with E-state index in [-0.39, 0.29) is 11.7 Å². The third kappa shape index (κ3) is 5.35. The quantitative estimate of drug-likeness (QED) is 0.608. The number of amides is 1. The van der Waals surface area contributed by atoms with E-state index < -0.39 is 0 Å². The van der Waals surface area contributed by atoms with E-state index in [0.717, 1.165) is 0 Å². The number of hydrogen-bond donors (Lipinski definition) is 2. The lowest BCUT2D eigenvalue weighted by Gasteiger charge is -2.08. The zero-order valence-corrected chi connectivity index (χ0v) is 15.2. The van der Waals surface area contributed by atoms with Gasteiger partial charge in [0, 0.05) is 10.7 Å². The number of aromatic nitrogens is 2. The molecule has 25 heavy (non-hydrogen) atoms. The molecule has 0 spiro atoms. The Kier molecular flexibility index (Phi) is 5.75. The fourth-order valence-electron chi connectivity index (χ4n) is 1.85. The Labute approximate surface area is 157 Å².